The van der Waals surface area contributed by atoms with Crippen LogP contribution in [0.2, 0.25) is 0 Å². The van der Waals surface area contributed by atoms with Crippen molar-refractivity contribution in [3.8, 4) is 0 Å². The minimum atomic E-state index is -0.474. The lowest BCUT2D eigenvalue weighted by Crippen LogP contribution is -2.58. The zero-order valence-corrected chi connectivity index (χ0v) is 65.1. The van der Waals surface area contributed by atoms with E-state index in [1.807, 2.05) is 0 Å². The van der Waals surface area contributed by atoms with E-state index >= 15 is 0 Å². The third kappa shape index (κ3) is 30.1. The Morgan fingerprint density at radius 2 is 0.722 bits per heavy atom. The first-order valence-corrected chi connectivity index (χ1v) is 37.7. The SMILES string of the molecule is CC(C)(C)CN1CCC(C)(CN2CCN(C(C)(C)C)CC2)CC1.CC(C)(C)CN1CCC(O)(CN2CCN(C(C)(C)C)CC2)CC1.CC(C)(C)N1CCN(CCCC2CCN(C(C)(C)C)C2)CC1.CC(C)(C)OCCN1CC(CC2CCN(C(C)(C)C)CC2)C1. The van der Waals surface area contributed by atoms with Crippen molar-refractivity contribution in [3.63, 3.8) is 0 Å². The molecule has 13 nitrogen and oxygen atoms in total. The van der Waals surface area contributed by atoms with Crippen molar-refractivity contribution in [2.75, 3.05) is 190 Å². The number of hydrogen-bond donors (Lipinski definition) is 1. The fraction of sp³-hybridized carbons (Fsp3) is 1.00. The lowest BCUT2D eigenvalue weighted by atomic mass is 9.79. The van der Waals surface area contributed by atoms with Crippen molar-refractivity contribution in [2.24, 2.45) is 34.0 Å². The van der Waals surface area contributed by atoms with Crippen molar-refractivity contribution < 1.29 is 9.84 Å². The van der Waals surface area contributed by atoms with Gasteiger partial charge in [-0.3, -0.25) is 29.4 Å². The smallest absolute Gasteiger partial charge is 0.0798 e. The average Bonchev–Trinajstić information content (AvgIpc) is 3.39. The quantitative estimate of drug-likeness (QED) is 0.169. The molecular formula is C77H157N11O2. The highest BCUT2D eigenvalue weighted by molar-refractivity contribution is 4.94. The Bertz CT molecular complexity index is 1880. The molecule has 8 heterocycles. The number of nitrogens with zero attached hydrogens (tertiary/aromatic N) is 11. The van der Waals surface area contributed by atoms with Crippen LogP contribution in [0, 0.1) is 34.0 Å². The average molecular weight is 1270 g/mol. The molecule has 532 valence electrons. The lowest BCUT2D eigenvalue weighted by Gasteiger charge is -2.47. The van der Waals surface area contributed by atoms with Gasteiger partial charge in [-0.25, -0.2) is 0 Å². The standard InChI is InChI=1S/C20H41N3.C19H39N3O.C19H39N3.C19H38N2O/c1-18(2,3)16-21-10-8-20(7,9-11-21)17-22-12-14-23(15-13-22)19(4,5)6;1-17(2,3)15-20-9-7-19(23,8-10-20)16-21-11-13-22(14-12-21)18(4,5)6;1-18(2,3)21-14-12-20(13-15-21)10-7-8-17-9-11-22(16-17)19(4,5)6;1-18(2,3)21-9-7-16(8-10-21)13-17-14-20(15-17)11-12-22-19(4,5)6/h8-17H2,1-7H3;23H,7-16H2,1-6H3;17H,7-16H2,1-6H3;16-17H,7-15H2,1-6H3. The van der Waals surface area contributed by atoms with E-state index in [9.17, 15) is 5.11 Å². The van der Waals surface area contributed by atoms with Gasteiger partial charge in [0.1, 0.15) is 0 Å². The van der Waals surface area contributed by atoms with Gasteiger partial charge in [0.05, 0.1) is 17.8 Å². The van der Waals surface area contributed by atoms with Crippen molar-refractivity contribution in [2.45, 2.75) is 276 Å². The third-order valence-corrected chi connectivity index (χ3v) is 21.9. The summed E-state index contributed by atoms with van der Waals surface area (Å²) in [5.74, 6) is 2.85. The summed E-state index contributed by atoms with van der Waals surface area (Å²) in [6.45, 7) is 92.6. The topological polar surface area (TPSA) is 65.1 Å². The normalized spacial score (nSPS) is 25.5. The second-order valence-electron chi connectivity index (χ2n) is 39.4. The van der Waals surface area contributed by atoms with E-state index in [0.717, 1.165) is 96.1 Å². The zero-order chi connectivity index (χ0) is 67.4. The van der Waals surface area contributed by atoms with Gasteiger partial charge in [0.15, 0.2) is 0 Å². The van der Waals surface area contributed by atoms with Gasteiger partial charge in [0, 0.05) is 172 Å². The Morgan fingerprint density at radius 3 is 1.11 bits per heavy atom. The maximum Gasteiger partial charge on any atom is 0.0798 e. The summed E-state index contributed by atoms with van der Waals surface area (Å²) < 4.78 is 5.82. The molecular weight excluding hydrogens is 1110 g/mol. The van der Waals surface area contributed by atoms with Gasteiger partial charge >= 0.3 is 0 Å². The van der Waals surface area contributed by atoms with E-state index in [1.54, 1.807) is 0 Å². The number of rotatable bonds is 15. The molecule has 8 rings (SSSR count). The molecule has 0 aromatic rings. The lowest BCUT2D eigenvalue weighted by molar-refractivity contribution is -0.0602. The predicted octanol–water partition coefficient (Wildman–Crippen LogP) is 12.8. The highest BCUT2D eigenvalue weighted by atomic mass is 16.5. The largest absolute Gasteiger partial charge is 0.388 e. The fourth-order valence-corrected chi connectivity index (χ4v) is 15.9. The van der Waals surface area contributed by atoms with Crippen LogP contribution in [0.4, 0.5) is 0 Å². The molecule has 1 N–H and O–H groups in total. The number of piperazine rings is 3. The first-order valence-electron chi connectivity index (χ1n) is 37.7. The monoisotopic (exact) mass is 1270 g/mol. The number of hydrogen-bond acceptors (Lipinski definition) is 13. The van der Waals surface area contributed by atoms with Crippen LogP contribution in [0.15, 0.2) is 0 Å². The highest BCUT2D eigenvalue weighted by Crippen LogP contribution is 2.36. The molecule has 8 aliphatic heterocycles. The maximum absolute atomic E-state index is 11.0. The molecule has 0 spiro atoms. The van der Waals surface area contributed by atoms with Crippen LogP contribution in [-0.4, -0.2) is 288 Å². The molecule has 0 aromatic heterocycles. The second kappa shape index (κ2) is 33.8. The van der Waals surface area contributed by atoms with Crippen LogP contribution in [0.3, 0.4) is 0 Å². The predicted molar refractivity (Wildman–Crippen MR) is 390 cm³/mol. The summed E-state index contributed by atoms with van der Waals surface area (Å²) in [4.78, 5) is 28.8. The molecule has 0 aliphatic carbocycles. The van der Waals surface area contributed by atoms with Crippen LogP contribution >= 0.6 is 0 Å². The van der Waals surface area contributed by atoms with E-state index in [0.29, 0.717) is 38.4 Å². The highest BCUT2D eigenvalue weighted by Gasteiger charge is 2.39. The fourth-order valence-electron chi connectivity index (χ4n) is 15.9. The molecule has 8 fully saturated rings. The summed E-state index contributed by atoms with van der Waals surface area (Å²) in [6.07, 6.45) is 13.0. The van der Waals surface area contributed by atoms with Gasteiger partial charge in [-0.1, -0.05) is 48.5 Å². The molecule has 13 heteroatoms. The molecule has 0 amide bonds. The van der Waals surface area contributed by atoms with Gasteiger partial charge in [0.25, 0.3) is 0 Å². The van der Waals surface area contributed by atoms with Crippen LogP contribution in [0.1, 0.15) is 237 Å². The number of likely N-dealkylation sites (tertiary alicyclic amines) is 5. The molecule has 8 saturated heterocycles. The minimum Gasteiger partial charge on any atom is -0.388 e. The van der Waals surface area contributed by atoms with Crippen molar-refractivity contribution >= 4 is 0 Å². The first-order chi connectivity index (χ1) is 41.2. The second-order valence-corrected chi connectivity index (χ2v) is 39.4. The Labute approximate surface area is 561 Å². The molecule has 0 aromatic carbocycles. The van der Waals surface area contributed by atoms with Crippen LogP contribution in [0.5, 0.6) is 0 Å². The number of β-amino-alcohol motifs (C(OH)–C–C–N with tert-alkyl or cyclic N) is 1. The van der Waals surface area contributed by atoms with E-state index in [4.69, 9.17) is 4.74 Å². The van der Waals surface area contributed by atoms with Crippen molar-refractivity contribution in [1.82, 2.24) is 53.9 Å². The first kappa shape index (κ1) is 80.2. The maximum atomic E-state index is 11.0. The Morgan fingerprint density at radius 1 is 0.356 bits per heavy atom. The van der Waals surface area contributed by atoms with E-state index in [2.05, 4.69) is 227 Å². The minimum absolute atomic E-state index is 0.00525. The van der Waals surface area contributed by atoms with Gasteiger partial charge in [-0.15, -0.1) is 0 Å². The molecule has 0 radical (unpaired) electrons. The number of aliphatic hydroxyl groups is 1. The Kier molecular flexibility index (Phi) is 30.1. The summed E-state index contributed by atoms with van der Waals surface area (Å²) in [5.41, 5.74) is 2.48. The molecule has 1 unspecified atom stereocenters. The van der Waals surface area contributed by atoms with Crippen LogP contribution < -0.4 is 0 Å². The van der Waals surface area contributed by atoms with E-state index in [-0.39, 0.29) is 11.1 Å². The van der Waals surface area contributed by atoms with Crippen LogP contribution in [-0.2, 0) is 4.74 Å². The van der Waals surface area contributed by atoms with Crippen molar-refractivity contribution in [3.05, 3.63) is 0 Å². The number of piperidine rings is 3. The van der Waals surface area contributed by atoms with Gasteiger partial charge in [-0.05, 0) is 262 Å². The molecule has 0 bridgehead atoms. The van der Waals surface area contributed by atoms with Crippen LogP contribution in [0.25, 0.3) is 0 Å². The zero-order valence-electron chi connectivity index (χ0n) is 65.1. The van der Waals surface area contributed by atoms with Gasteiger partial charge in [0.2, 0.25) is 0 Å². The summed E-state index contributed by atoms with van der Waals surface area (Å²) in [6, 6.07) is 0. The summed E-state index contributed by atoms with van der Waals surface area (Å²) in [5, 5.41) is 11.0. The van der Waals surface area contributed by atoms with E-state index < -0.39 is 5.60 Å². The van der Waals surface area contributed by atoms with Gasteiger partial charge < -0.3 is 34.3 Å². The summed E-state index contributed by atoms with van der Waals surface area (Å²) in [7, 11) is 0. The van der Waals surface area contributed by atoms with Crippen molar-refractivity contribution in [1.29, 1.82) is 0 Å². The molecule has 8 aliphatic rings. The van der Waals surface area contributed by atoms with Gasteiger partial charge in [-0.2, -0.15) is 0 Å². The Hall–Kier alpha value is -0.520. The molecule has 1 atom stereocenters. The molecule has 0 saturated carbocycles. The Balaban J connectivity index is 0.000000218. The summed E-state index contributed by atoms with van der Waals surface area (Å²) >= 11 is 0. The third-order valence-electron chi connectivity index (χ3n) is 21.9. The molecule has 90 heavy (non-hydrogen) atoms. The number of ether oxygens (including phenoxy) is 1. The van der Waals surface area contributed by atoms with E-state index in [1.165, 1.54) is 176 Å².